The van der Waals surface area contributed by atoms with Crippen molar-refractivity contribution in [1.82, 2.24) is 5.32 Å². The third-order valence-corrected chi connectivity index (χ3v) is 1.52. The molecule has 0 fully saturated rings. The number of hydrogen-bond donors (Lipinski definition) is 3. The first-order valence-corrected chi connectivity index (χ1v) is 4.02. The Kier molecular flexibility index (Phi) is 5.29. The van der Waals surface area contributed by atoms with E-state index in [1.165, 1.54) is 0 Å². The normalized spacial score (nSPS) is 13.7. The van der Waals surface area contributed by atoms with E-state index in [1.807, 2.05) is 0 Å². The molecule has 14 heavy (non-hydrogen) atoms. The van der Waals surface area contributed by atoms with Crippen molar-refractivity contribution in [2.45, 2.75) is 31.5 Å². The Morgan fingerprint density at radius 2 is 2.00 bits per heavy atom. The molecule has 4 nitrogen and oxygen atoms in total. The highest BCUT2D eigenvalue weighted by molar-refractivity contribution is 5.64. The molecular formula is C7H12F3NO3. The van der Waals surface area contributed by atoms with Crippen LogP contribution in [0.2, 0.25) is 0 Å². The summed E-state index contributed by atoms with van der Waals surface area (Å²) in [6.45, 7) is -0.254. The van der Waals surface area contributed by atoms with Crippen LogP contribution in [0.4, 0.5) is 18.0 Å². The summed E-state index contributed by atoms with van der Waals surface area (Å²) < 4.78 is 35.7. The van der Waals surface area contributed by atoms with E-state index in [2.05, 4.69) is 0 Å². The minimum Gasteiger partial charge on any atom is -0.465 e. The molecule has 0 bridgehead atoms. The molecule has 0 aliphatic rings. The average Bonchev–Trinajstić information content (AvgIpc) is 1.96. The van der Waals surface area contributed by atoms with Gasteiger partial charge in [-0.25, -0.2) is 4.79 Å². The lowest BCUT2D eigenvalue weighted by atomic mass is 10.1. The highest BCUT2D eigenvalue weighted by atomic mass is 19.4. The summed E-state index contributed by atoms with van der Waals surface area (Å²) in [5.74, 6) is 0. The van der Waals surface area contributed by atoms with Gasteiger partial charge in [-0.1, -0.05) is 0 Å². The number of hydrogen-bond acceptors (Lipinski definition) is 2. The fourth-order valence-electron chi connectivity index (χ4n) is 1.02. The molecule has 0 spiro atoms. The molecule has 0 rings (SSSR count). The van der Waals surface area contributed by atoms with Crippen LogP contribution in [0, 0.1) is 0 Å². The number of rotatable bonds is 5. The first-order valence-electron chi connectivity index (χ1n) is 4.02. The summed E-state index contributed by atoms with van der Waals surface area (Å²) in [4.78, 5) is 10.1. The lowest BCUT2D eigenvalue weighted by Gasteiger charge is -2.17. The summed E-state index contributed by atoms with van der Waals surface area (Å²) in [5, 5.41) is 18.4. The summed E-state index contributed by atoms with van der Waals surface area (Å²) in [6.07, 6.45) is -6.98. The van der Waals surface area contributed by atoms with Gasteiger partial charge in [0.2, 0.25) is 0 Å². The second-order valence-electron chi connectivity index (χ2n) is 2.83. The molecule has 0 heterocycles. The quantitative estimate of drug-likeness (QED) is 0.648. The zero-order valence-electron chi connectivity index (χ0n) is 7.34. The zero-order valence-corrected chi connectivity index (χ0v) is 7.34. The Morgan fingerprint density at radius 3 is 2.36 bits per heavy atom. The molecule has 0 aliphatic carbocycles. The molecule has 1 amide bonds. The molecule has 1 atom stereocenters. The van der Waals surface area contributed by atoms with Gasteiger partial charge >= 0.3 is 12.3 Å². The molecule has 0 saturated carbocycles. The maximum absolute atomic E-state index is 11.9. The van der Waals surface area contributed by atoms with Gasteiger partial charge in [0, 0.05) is 12.6 Å². The smallest absolute Gasteiger partial charge is 0.404 e. The average molecular weight is 215 g/mol. The van der Waals surface area contributed by atoms with Gasteiger partial charge in [-0.2, -0.15) is 13.2 Å². The highest BCUT2D eigenvalue weighted by Crippen LogP contribution is 2.23. The maximum Gasteiger partial charge on any atom is 0.404 e. The van der Waals surface area contributed by atoms with E-state index in [9.17, 15) is 18.0 Å². The van der Waals surface area contributed by atoms with E-state index < -0.39 is 24.7 Å². The van der Waals surface area contributed by atoms with Crippen LogP contribution in [-0.2, 0) is 0 Å². The molecular weight excluding hydrogens is 203 g/mol. The Bertz CT molecular complexity index is 184. The first kappa shape index (κ1) is 13.0. The Morgan fingerprint density at radius 1 is 1.43 bits per heavy atom. The minimum atomic E-state index is -4.40. The second kappa shape index (κ2) is 5.69. The van der Waals surface area contributed by atoms with E-state index in [0.717, 1.165) is 0 Å². The third kappa shape index (κ3) is 7.66. The Labute approximate surface area is 78.7 Å². The number of nitrogens with one attached hydrogen (secondary N) is 1. The fourth-order valence-corrected chi connectivity index (χ4v) is 1.02. The van der Waals surface area contributed by atoms with E-state index in [0.29, 0.717) is 0 Å². The van der Waals surface area contributed by atoms with Crippen molar-refractivity contribution >= 4 is 6.09 Å². The van der Waals surface area contributed by atoms with Crippen LogP contribution in [0.1, 0.15) is 19.3 Å². The topological polar surface area (TPSA) is 69.6 Å². The maximum atomic E-state index is 11.9. The number of amides is 1. The summed E-state index contributed by atoms with van der Waals surface area (Å²) in [6, 6.07) is -1.18. The van der Waals surface area contributed by atoms with Crippen molar-refractivity contribution in [2.75, 3.05) is 6.61 Å². The van der Waals surface area contributed by atoms with E-state index >= 15 is 0 Å². The SMILES string of the molecule is O=C(O)NC(CCCO)CC(F)(F)F. The second-order valence-corrected chi connectivity index (χ2v) is 2.83. The van der Waals surface area contributed by atoms with Crippen molar-refractivity contribution in [2.24, 2.45) is 0 Å². The molecule has 0 radical (unpaired) electrons. The van der Waals surface area contributed by atoms with Gasteiger partial charge in [-0.05, 0) is 12.8 Å². The standard InChI is InChI=1S/C7H12F3NO3/c8-7(9,10)4-5(2-1-3-12)11-6(13)14/h5,11-12H,1-4H2,(H,13,14). The first-order chi connectivity index (χ1) is 6.35. The van der Waals surface area contributed by atoms with Crippen molar-refractivity contribution in [3.8, 4) is 0 Å². The van der Waals surface area contributed by atoms with Gasteiger partial charge in [0.15, 0.2) is 0 Å². The molecule has 3 N–H and O–H groups in total. The minimum absolute atomic E-state index is 0.0255. The van der Waals surface area contributed by atoms with Crippen LogP contribution in [0.3, 0.4) is 0 Å². The molecule has 0 aromatic rings. The molecule has 84 valence electrons. The Hall–Kier alpha value is -0.980. The van der Waals surface area contributed by atoms with Gasteiger partial charge < -0.3 is 15.5 Å². The van der Waals surface area contributed by atoms with Crippen LogP contribution in [-0.4, -0.2) is 35.1 Å². The number of aliphatic hydroxyl groups excluding tert-OH is 1. The van der Waals surface area contributed by atoms with Crippen LogP contribution in [0.15, 0.2) is 0 Å². The number of aliphatic hydroxyl groups is 1. The van der Waals surface area contributed by atoms with Crippen LogP contribution in [0.25, 0.3) is 0 Å². The lowest BCUT2D eigenvalue weighted by Crippen LogP contribution is -2.37. The van der Waals surface area contributed by atoms with Crippen LogP contribution in [0.5, 0.6) is 0 Å². The van der Waals surface area contributed by atoms with Gasteiger partial charge in [0.05, 0.1) is 6.42 Å². The van der Waals surface area contributed by atoms with Crippen LogP contribution >= 0.6 is 0 Å². The molecule has 0 aromatic carbocycles. The van der Waals surface area contributed by atoms with Gasteiger partial charge in [-0.15, -0.1) is 0 Å². The zero-order chi connectivity index (χ0) is 11.2. The molecule has 0 saturated heterocycles. The number of alkyl halides is 3. The predicted molar refractivity (Wildman–Crippen MR) is 41.9 cm³/mol. The number of carboxylic acid groups (broad SMARTS) is 1. The highest BCUT2D eigenvalue weighted by Gasteiger charge is 2.32. The predicted octanol–water partition coefficient (Wildman–Crippen LogP) is 1.35. The van der Waals surface area contributed by atoms with E-state index in [1.54, 1.807) is 5.32 Å². The van der Waals surface area contributed by atoms with Gasteiger partial charge in [-0.3, -0.25) is 0 Å². The fraction of sp³-hybridized carbons (Fsp3) is 0.857. The van der Waals surface area contributed by atoms with Crippen molar-refractivity contribution in [1.29, 1.82) is 0 Å². The number of carbonyl (C=O) groups is 1. The van der Waals surface area contributed by atoms with Crippen molar-refractivity contribution in [3.63, 3.8) is 0 Å². The summed E-state index contributed by atoms with van der Waals surface area (Å²) in [7, 11) is 0. The van der Waals surface area contributed by atoms with Crippen molar-refractivity contribution in [3.05, 3.63) is 0 Å². The molecule has 1 unspecified atom stereocenters. The largest absolute Gasteiger partial charge is 0.465 e. The van der Waals surface area contributed by atoms with Gasteiger partial charge in [0.25, 0.3) is 0 Å². The lowest BCUT2D eigenvalue weighted by molar-refractivity contribution is -0.140. The summed E-state index contributed by atoms with van der Waals surface area (Å²) in [5.41, 5.74) is 0. The van der Waals surface area contributed by atoms with E-state index in [4.69, 9.17) is 10.2 Å². The molecule has 0 aliphatic heterocycles. The monoisotopic (exact) mass is 215 g/mol. The van der Waals surface area contributed by atoms with Crippen LogP contribution < -0.4 is 5.32 Å². The van der Waals surface area contributed by atoms with E-state index in [-0.39, 0.29) is 19.4 Å². The van der Waals surface area contributed by atoms with Crippen molar-refractivity contribution < 1.29 is 28.2 Å². The molecule has 0 aromatic heterocycles. The Balaban J connectivity index is 4.03. The number of halogens is 3. The van der Waals surface area contributed by atoms with Gasteiger partial charge in [0.1, 0.15) is 0 Å². The third-order valence-electron chi connectivity index (χ3n) is 1.52. The molecule has 7 heteroatoms. The summed E-state index contributed by atoms with van der Waals surface area (Å²) >= 11 is 0.